The average molecular weight is 441 g/mol. The second-order valence-electron chi connectivity index (χ2n) is 14.3. The lowest BCUT2D eigenvalue weighted by Crippen LogP contribution is -2.64. The zero-order valence-electron chi connectivity index (χ0n) is 21.9. The quantitative estimate of drug-likeness (QED) is 0.329. The number of carbonyl (C=O) groups excluding carboxylic acids is 1. The standard InChI is InChI=1S/C30H48O2/c1-20(2)21-9-12-25-27(21,5)17-18-28(6)22-10-11-24-26(3,4)14-8-15-30(24,32-19-31)23(22)13-16-29(25,28)7/h10,19-21,23-25H,8-9,11-18H2,1-7H3. The van der Waals surface area contributed by atoms with Crippen LogP contribution in [-0.2, 0) is 9.53 Å². The Hall–Kier alpha value is -0.790. The number of allylic oxidation sites excluding steroid dienone is 1. The molecule has 8 atom stereocenters. The minimum atomic E-state index is -0.269. The van der Waals surface area contributed by atoms with E-state index in [1.54, 1.807) is 5.57 Å². The lowest BCUT2D eigenvalue weighted by atomic mass is 9.37. The third-order valence-corrected chi connectivity index (χ3v) is 12.7. The van der Waals surface area contributed by atoms with Crippen molar-refractivity contribution in [1.29, 1.82) is 0 Å². The number of ether oxygens (including phenoxy) is 1. The molecule has 8 unspecified atom stereocenters. The highest BCUT2D eigenvalue weighted by atomic mass is 16.5. The molecule has 5 rings (SSSR count). The minimum absolute atomic E-state index is 0.242. The van der Waals surface area contributed by atoms with Gasteiger partial charge in [0.2, 0.25) is 0 Å². The first-order valence-corrected chi connectivity index (χ1v) is 13.8. The molecule has 4 saturated carbocycles. The van der Waals surface area contributed by atoms with Gasteiger partial charge in [0.05, 0.1) is 0 Å². The molecule has 0 aromatic heterocycles. The smallest absolute Gasteiger partial charge is 0.293 e. The predicted octanol–water partition coefficient (Wildman–Crippen LogP) is 7.96. The predicted molar refractivity (Wildman–Crippen MR) is 131 cm³/mol. The number of fused-ring (bicyclic) bond motifs is 7. The van der Waals surface area contributed by atoms with Gasteiger partial charge in [-0.1, -0.05) is 60.1 Å². The monoisotopic (exact) mass is 440 g/mol. The van der Waals surface area contributed by atoms with Gasteiger partial charge < -0.3 is 4.74 Å². The van der Waals surface area contributed by atoms with E-state index in [0.29, 0.717) is 22.7 Å². The van der Waals surface area contributed by atoms with E-state index in [4.69, 9.17) is 4.74 Å². The van der Waals surface area contributed by atoms with Gasteiger partial charge in [-0.25, -0.2) is 0 Å². The SMILES string of the molecule is CC(C)C1CCC2C1(C)CCC1(C)C3=CCC4C(C)(C)CCCC4(OC=O)C3CCC21C. The fourth-order valence-corrected chi connectivity index (χ4v) is 11.1. The molecule has 5 aliphatic rings. The molecule has 4 fully saturated rings. The average Bonchev–Trinajstić information content (AvgIpc) is 3.08. The van der Waals surface area contributed by atoms with Crippen LogP contribution in [0.25, 0.3) is 0 Å². The number of hydrogen-bond donors (Lipinski definition) is 0. The first-order valence-electron chi connectivity index (χ1n) is 13.8. The van der Waals surface area contributed by atoms with E-state index < -0.39 is 0 Å². The van der Waals surface area contributed by atoms with Gasteiger partial charge in [-0.3, -0.25) is 4.79 Å². The third kappa shape index (κ3) is 2.68. The zero-order valence-corrected chi connectivity index (χ0v) is 21.9. The number of carbonyl (C=O) groups is 1. The maximum atomic E-state index is 11.9. The molecule has 0 N–H and O–H groups in total. The van der Waals surface area contributed by atoms with E-state index in [2.05, 4.69) is 54.5 Å². The fourth-order valence-electron chi connectivity index (χ4n) is 11.1. The lowest BCUT2D eigenvalue weighted by molar-refractivity contribution is -0.197. The molecule has 5 aliphatic carbocycles. The van der Waals surface area contributed by atoms with Crippen LogP contribution in [0, 0.1) is 51.2 Å². The summed E-state index contributed by atoms with van der Waals surface area (Å²) < 4.78 is 6.27. The Morgan fingerprint density at radius 3 is 2.38 bits per heavy atom. The Morgan fingerprint density at radius 2 is 1.69 bits per heavy atom. The van der Waals surface area contributed by atoms with Gasteiger partial charge >= 0.3 is 0 Å². The second kappa shape index (κ2) is 7.11. The topological polar surface area (TPSA) is 26.3 Å². The van der Waals surface area contributed by atoms with Gasteiger partial charge in [0.15, 0.2) is 0 Å². The highest BCUT2D eigenvalue weighted by molar-refractivity contribution is 5.42. The summed E-state index contributed by atoms with van der Waals surface area (Å²) in [5.74, 6) is 3.38. The van der Waals surface area contributed by atoms with Crippen LogP contribution in [0.15, 0.2) is 11.6 Å². The molecule has 2 nitrogen and oxygen atoms in total. The molecule has 0 aromatic carbocycles. The van der Waals surface area contributed by atoms with Gasteiger partial charge in [-0.15, -0.1) is 0 Å². The van der Waals surface area contributed by atoms with Crippen molar-refractivity contribution in [3.63, 3.8) is 0 Å². The molecule has 0 aliphatic heterocycles. The summed E-state index contributed by atoms with van der Waals surface area (Å²) in [5, 5.41) is 0. The van der Waals surface area contributed by atoms with Crippen LogP contribution in [0.4, 0.5) is 0 Å². The van der Waals surface area contributed by atoms with Crippen LogP contribution in [0.1, 0.15) is 113 Å². The summed E-state index contributed by atoms with van der Waals surface area (Å²) in [6.07, 6.45) is 15.3. The van der Waals surface area contributed by atoms with Crippen molar-refractivity contribution in [2.45, 2.75) is 118 Å². The molecular formula is C30H48O2. The third-order valence-electron chi connectivity index (χ3n) is 12.7. The second-order valence-corrected chi connectivity index (χ2v) is 14.3. The van der Waals surface area contributed by atoms with Crippen molar-refractivity contribution in [2.24, 2.45) is 51.2 Å². The minimum Gasteiger partial charge on any atom is -0.460 e. The van der Waals surface area contributed by atoms with E-state index in [1.807, 2.05) is 0 Å². The summed E-state index contributed by atoms with van der Waals surface area (Å²) in [6.45, 7) is 18.5. The molecule has 0 spiro atoms. The van der Waals surface area contributed by atoms with Crippen LogP contribution >= 0.6 is 0 Å². The van der Waals surface area contributed by atoms with Gasteiger partial charge in [0.1, 0.15) is 5.60 Å². The summed E-state index contributed by atoms with van der Waals surface area (Å²) in [6, 6.07) is 0. The Kier molecular flexibility index (Phi) is 5.10. The first-order chi connectivity index (χ1) is 15.0. The summed E-state index contributed by atoms with van der Waals surface area (Å²) in [7, 11) is 0. The van der Waals surface area contributed by atoms with Gasteiger partial charge in [0, 0.05) is 11.8 Å². The van der Waals surface area contributed by atoms with E-state index in [9.17, 15) is 4.79 Å². The van der Waals surface area contributed by atoms with Crippen LogP contribution in [0.2, 0.25) is 0 Å². The van der Waals surface area contributed by atoms with E-state index >= 15 is 0 Å². The summed E-state index contributed by atoms with van der Waals surface area (Å²) in [4.78, 5) is 11.9. The van der Waals surface area contributed by atoms with E-state index in [1.165, 1.54) is 51.4 Å². The van der Waals surface area contributed by atoms with Crippen molar-refractivity contribution in [2.75, 3.05) is 0 Å². The Labute approximate surface area is 197 Å². The summed E-state index contributed by atoms with van der Waals surface area (Å²) >= 11 is 0. The van der Waals surface area contributed by atoms with E-state index in [0.717, 1.165) is 37.1 Å². The van der Waals surface area contributed by atoms with Crippen molar-refractivity contribution in [3.8, 4) is 0 Å². The molecule has 0 heterocycles. The maximum Gasteiger partial charge on any atom is 0.293 e. The van der Waals surface area contributed by atoms with Crippen LogP contribution in [-0.4, -0.2) is 12.1 Å². The van der Waals surface area contributed by atoms with Gasteiger partial charge in [-0.05, 0) is 104 Å². The highest BCUT2D eigenvalue weighted by Gasteiger charge is 2.69. The first kappa shape index (κ1) is 23.0. The van der Waals surface area contributed by atoms with Gasteiger partial charge in [-0.2, -0.15) is 0 Å². The Bertz CT molecular complexity index is 810. The van der Waals surface area contributed by atoms with Crippen molar-refractivity contribution in [1.82, 2.24) is 0 Å². The van der Waals surface area contributed by atoms with E-state index in [-0.39, 0.29) is 16.4 Å². The van der Waals surface area contributed by atoms with Gasteiger partial charge in [0.25, 0.3) is 6.47 Å². The highest BCUT2D eigenvalue weighted by Crippen LogP contribution is 2.75. The van der Waals surface area contributed by atoms with Crippen molar-refractivity contribution < 1.29 is 9.53 Å². The Balaban J connectivity index is 1.57. The molecule has 180 valence electrons. The maximum absolute atomic E-state index is 11.9. The molecule has 0 saturated heterocycles. The molecule has 0 aromatic rings. The molecular weight excluding hydrogens is 392 g/mol. The van der Waals surface area contributed by atoms with Crippen molar-refractivity contribution >= 4 is 6.47 Å². The van der Waals surface area contributed by atoms with Crippen molar-refractivity contribution in [3.05, 3.63) is 11.6 Å². The largest absolute Gasteiger partial charge is 0.460 e. The van der Waals surface area contributed by atoms with Crippen LogP contribution in [0.3, 0.4) is 0 Å². The van der Waals surface area contributed by atoms with Crippen LogP contribution < -0.4 is 0 Å². The molecule has 0 radical (unpaired) electrons. The lowest BCUT2D eigenvalue weighted by Gasteiger charge is -2.68. The molecule has 0 amide bonds. The normalized spacial score (nSPS) is 51.7. The zero-order chi connectivity index (χ0) is 23.2. The number of rotatable bonds is 3. The Morgan fingerprint density at radius 1 is 0.938 bits per heavy atom. The summed E-state index contributed by atoms with van der Waals surface area (Å²) in [5.41, 5.74) is 2.78. The molecule has 2 heteroatoms. The van der Waals surface area contributed by atoms with Crippen LogP contribution in [0.5, 0.6) is 0 Å². The molecule has 0 bridgehead atoms. The fraction of sp³-hybridized carbons (Fsp3) is 0.900. The molecule has 32 heavy (non-hydrogen) atoms. The number of hydrogen-bond acceptors (Lipinski definition) is 2.